The molecule has 0 radical (unpaired) electrons. The summed E-state index contributed by atoms with van der Waals surface area (Å²) in [4.78, 5) is 2.60. The minimum Gasteiger partial charge on any atom is -0.493 e. The first-order chi connectivity index (χ1) is 9.01. The van der Waals surface area contributed by atoms with E-state index >= 15 is 0 Å². The van der Waals surface area contributed by atoms with Gasteiger partial charge in [-0.2, -0.15) is 0 Å². The number of thiophene rings is 1. The minimum atomic E-state index is 0.206. The molecule has 0 amide bonds. The van der Waals surface area contributed by atoms with Crippen LogP contribution in [0.1, 0.15) is 22.7 Å². The molecule has 1 aromatic heterocycles. The average Bonchev–Trinajstić information content (AvgIpc) is 2.75. The van der Waals surface area contributed by atoms with Gasteiger partial charge < -0.3 is 10.1 Å². The second kappa shape index (κ2) is 6.16. The normalized spacial score (nSPS) is 12.3. The Hall–Kier alpha value is -0.710. The van der Waals surface area contributed by atoms with Crippen LogP contribution in [-0.4, -0.2) is 7.11 Å². The van der Waals surface area contributed by atoms with Crippen LogP contribution in [0.2, 0.25) is 5.02 Å². The van der Waals surface area contributed by atoms with E-state index in [9.17, 15) is 0 Å². The molecule has 2 rings (SSSR count). The lowest BCUT2D eigenvalue weighted by Gasteiger charge is -2.17. The maximum Gasteiger partial charge on any atom is 0.156 e. The zero-order valence-corrected chi connectivity index (χ0v) is 14.1. The fraction of sp³-hybridized carbons (Fsp3) is 0.286. The monoisotopic (exact) mass is 359 g/mol. The Labute approximate surface area is 130 Å². The third kappa shape index (κ3) is 3.44. The highest BCUT2D eigenvalue weighted by Gasteiger charge is 2.13. The van der Waals surface area contributed by atoms with Crippen molar-refractivity contribution in [3.05, 3.63) is 43.5 Å². The summed E-state index contributed by atoms with van der Waals surface area (Å²) in [7, 11) is 1.65. The summed E-state index contributed by atoms with van der Waals surface area (Å²) >= 11 is 11.3. The van der Waals surface area contributed by atoms with Gasteiger partial charge in [-0.05, 0) is 54.0 Å². The summed E-state index contributed by atoms with van der Waals surface area (Å²) in [6.07, 6.45) is 0. The molecular formula is C14H15BrClNOS. The van der Waals surface area contributed by atoms with Gasteiger partial charge in [0.05, 0.1) is 23.3 Å². The number of rotatable bonds is 4. The maximum atomic E-state index is 6.09. The second-order valence-corrected chi connectivity index (χ2v) is 6.89. The van der Waals surface area contributed by atoms with Gasteiger partial charge in [-0.15, -0.1) is 11.3 Å². The second-order valence-electron chi connectivity index (χ2n) is 4.28. The van der Waals surface area contributed by atoms with Crippen molar-refractivity contribution >= 4 is 44.6 Å². The zero-order chi connectivity index (χ0) is 14.0. The van der Waals surface area contributed by atoms with Gasteiger partial charge in [0.15, 0.2) is 5.75 Å². The number of anilines is 1. The Morgan fingerprint density at radius 3 is 2.68 bits per heavy atom. The van der Waals surface area contributed by atoms with E-state index in [4.69, 9.17) is 16.3 Å². The fourth-order valence-corrected chi connectivity index (χ4v) is 3.72. The van der Waals surface area contributed by atoms with E-state index in [0.717, 1.165) is 15.9 Å². The van der Waals surface area contributed by atoms with Crippen LogP contribution in [0.25, 0.3) is 0 Å². The number of halogens is 2. The van der Waals surface area contributed by atoms with Crippen LogP contribution in [0.5, 0.6) is 5.75 Å². The fourth-order valence-electron chi connectivity index (χ4n) is 1.87. The summed E-state index contributed by atoms with van der Waals surface area (Å²) in [6, 6.07) is 8.18. The molecule has 1 N–H and O–H groups in total. The third-order valence-corrected chi connectivity index (χ3v) is 4.76. The van der Waals surface area contributed by atoms with Crippen LogP contribution in [0.3, 0.4) is 0 Å². The van der Waals surface area contributed by atoms with Crippen LogP contribution in [-0.2, 0) is 0 Å². The molecule has 1 atom stereocenters. The van der Waals surface area contributed by atoms with Crippen molar-refractivity contribution in [3.8, 4) is 5.75 Å². The van der Waals surface area contributed by atoms with Gasteiger partial charge in [0.2, 0.25) is 0 Å². The van der Waals surface area contributed by atoms with Gasteiger partial charge in [0, 0.05) is 14.8 Å². The molecule has 2 nitrogen and oxygen atoms in total. The van der Waals surface area contributed by atoms with Gasteiger partial charge in [-0.3, -0.25) is 0 Å². The van der Waals surface area contributed by atoms with E-state index in [-0.39, 0.29) is 6.04 Å². The van der Waals surface area contributed by atoms with Gasteiger partial charge in [-0.25, -0.2) is 0 Å². The summed E-state index contributed by atoms with van der Waals surface area (Å²) in [6.45, 7) is 4.23. The van der Waals surface area contributed by atoms with E-state index in [1.54, 1.807) is 18.4 Å². The quantitative estimate of drug-likeness (QED) is 0.760. The van der Waals surface area contributed by atoms with E-state index in [1.165, 1.54) is 9.75 Å². The number of benzene rings is 1. The van der Waals surface area contributed by atoms with E-state index in [1.807, 2.05) is 12.1 Å². The standard InChI is InChI=1S/C14H15BrClNOS/c1-8-4-5-13(19-8)9(2)17-12-7-10(16)6-11(15)14(12)18-3/h4-7,9,17H,1-3H3. The smallest absolute Gasteiger partial charge is 0.156 e. The molecule has 0 fully saturated rings. The van der Waals surface area contributed by atoms with Crippen LogP contribution >= 0.6 is 38.9 Å². The molecule has 1 aromatic carbocycles. The maximum absolute atomic E-state index is 6.09. The van der Waals surface area contributed by atoms with E-state index < -0.39 is 0 Å². The van der Waals surface area contributed by atoms with Crippen LogP contribution in [0, 0.1) is 6.92 Å². The Morgan fingerprint density at radius 1 is 1.37 bits per heavy atom. The average molecular weight is 361 g/mol. The molecule has 2 aromatic rings. The molecule has 0 bridgehead atoms. The zero-order valence-electron chi connectivity index (χ0n) is 11.0. The van der Waals surface area contributed by atoms with Crippen molar-refractivity contribution in [1.29, 1.82) is 0 Å². The lowest BCUT2D eigenvalue weighted by Crippen LogP contribution is -2.06. The van der Waals surface area contributed by atoms with Crippen molar-refractivity contribution in [1.82, 2.24) is 0 Å². The van der Waals surface area contributed by atoms with Crippen LogP contribution in [0.4, 0.5) is 5.69 Å². The van der Waals surface area contributed by atoms with Crippen molar-refractivity contribution in [2.24, 2.45) is 0 Å². The van der Waals surface area contributed by atoms with Crippen molar-refractivity contribution in [2.75, 3.05) is 12.4 Å². The van der Waals surface area contributed by atoms with Gasteiger partial charge in [0.25, 0.3) is 0 Å². The molecule has 5 heteroatoms. The molecule has 0 saturated carbocycles. The number of hydrogen-bond donors (Lipinski definition) is 1. The Morgan fingerprint density at radius 2 is 2.11 bits per heavy atom. The molecule has 1 heterocycles. The summed E-state index contributed by atoms with van der Waals surface area (Å²) < 4.78 is 6.26. The number of ether oxygens (including phenoxy) is 1. The molecule has 0 spiro atoms. The number of aryl methyl sites for hydroxylation is 1. The highest BCUT2D eigenvalue weighted by atomic mass is 79.9. The van der Waals surface area contributed by atoms with E-state index in [0.29, 0.717) is 5.02 Å². The summed E-state index contributed by atoms with van der Waals surface area (Å²) in [5.74, 6) is 0.768. The van der Waals surface area contributed by atoms with Crippen molar-refractivity contribution < 1.29 is 4.74 Å². The predicted molar refractivity (Wildman–Crippen MR) is 86.8 cm³/mol. The topological polar surface area (TPSA) is 21.3 Å². The molecule has 0 aliphatic rings. The number of nitrogens with one attached hydrogen (secondary N) is 1. The first kappa shape index (κ1) is 14.7. The molecule has 19 heavy (non-hydrogen) atoms. The van der Waals surface area contributed by atoms with E-state index in [2.05, 4.69) is 47.2 Å². The Balaban J connectivity index is 2.27. The van der Waals surface area contributed by atoms with Crippen LogP contribution < -0.4 is 10.1 Å². The molecule has 0 aliphatic heterocycles. The SMILES string of the molecule is COc1c(Br)cc(Cl)cc1NC(C)c1ccc(C)s1. The number of methoxy groups -OCH3 is 1. The van der Waals surface area contributed by atoms with Crippen molar-refractivity contribution in [3.63, 3.8) is 0 Å². The van der Waals surface area contributed by atoms with Gasteiger partial charge in [0.1, 0.15) is 0 Å². The Bertz CT molecular complexity index is 585. The first-order valence-corrected chi connectivity index (χ1v) is 7.86. The highest BCUT2D eigenvalue weighted by molar-refractivity contribution is 9.10. The number of hydrogen-bond acceptors (Lipinski definition) is 3. The molecule has 0 aliphatic carbocycles. The lowest BCUT2D eigenvalue weighted by atomic mass is 10.2. The predicted octanol–water partition coefficient (Wildman–Crippen LogP) is 5.65. The molecule has 0 saturated heterocycles. The minimum absolute atomic E-state index is 0.206. The largest absolute Gasteiger partial charge is 0.493 e. The first-order valence-electron chi connectivity index (χ1n) is 5.87. The highest BCUT2D eigenvalue weighted by Crippen LogP contribution is 2.38. The molecule has 102 valence electrons. The van der Waals surface area contributed by atoms with Gasteiger partial charge in [-0.1, -0.05) is 11.6 Å². The van der Waals surface area contributed by atoms with Crippen molar-refractivity contribution in [2.45, 2.75) is 19.9 Å². The summed E-state index contributed by atoms with van der Waals surface area (Å²) in [5, 5.41) is 4.11. The molecule has 1 unspecified atom stereocenters. The van der Waals surface area contributed by atoms with Crippen LogP contribution in [0.15, 0.2) is 28.7 Å². The lowest BCUT2D eigenvalue weighted by molar-refractivity contribution is 0.413. The van der Waals surface area contributed by atoms with Gasteiger partial charge >= 0.3 is 0 Å². The molecular weight excluding hydrogens is 346 g/mol. The summed E-state index contributed by atoms with van der Waals surface area (Å²) in [5.41, 5.74) is 0.889. The Kier molecular flexibility index (Phi) is 4.76. The third-order valence-electron chi connectivity index (χ3n) is 2.77.